The Morgan fingerprint density at radius 2 is 0.606 bits per heavy atom. The van der Waals surface area contributed by atoms with Crippen molar-refractivity contribution < 1.29 is 119 Å². The maximum Gasteiger partial charge on any atom is 0.216 e. The van der Waals surface area contributed by atoms with Crippen molar-refractivity contribution in [1.82, 2.24) is 44.9 Å². The first-order valence-electron chi connectivity index (χ1n) is 58.4. The van der Waals surface area contributed by atoms with Gasteiger partial charge >= 0.3 is 0 Å². The Labute approximate surface area is 869 Å². The van der Waals surface area contributed by atoms with Crippen LogP contribution in [-0.2, 0) is 60.3 Å². The van der Waals surface area contributed by atoms with E-state index in [0.717, 1.165) is 78.7 Å². The summed E-state index contributed by atoms with van der Waals surface area (Å²) < 4.78 is 284. The van der Waals surface area contributed by atoms with Crippen LogP contribution >= 0.6 is 0 Å². The molecule has 0 saturated heterocycles. The third-order valence-corrected chi connectivity index (χ3v) is 21.4. The van der Waals surface area contributed by atoms with Crippen molar-refractivity contribution in [1.29, 1.82) is 0 Å². The molecule has 0 saturated carbocycles. The second kappa shape index (κ2) is 45.6. The summed E-state index contributed by atoms with van der Waals surface area (Å²) in [5.41, 5.74) is 13.8. The molecule has 12 nitrogen and oxygen atoms in total. The van der Waals surface area contributed by atoms with Crippen molar-refractivity contribution in [2.24, 2.45) is 0 Å². The predicted molar refractivity (Wildman–Crippen MR) is 536 cm³/mol. The Bertz CT molecular complexity index is 7880. The smallest absolute Gasteiger partial charge is 0.216 e. The third-order valence-electron chi connectivity index (χ3n) is 21.4. The van der Waals surface area contributed by atoms with Crippen LogP contribution in [0.1, 0.15) is 323 Å². The van der Waals surface area contributed by atoms with Gasteiger partial charge in [-0.1, -0.05) is 230 Å². The normalized spacial score (nSPS) is 17.5. The Balaban J connectivity index is 0.000000209. The number of pyridine rings is 9. The van der Waals surface area contributed by atoms with Crippen molar-refractivity contribution in [2.45, 2.75) is 239 Å². The van der Waals surface area contributed by atoms with Crippen molar-refractivity contribution in [3.8, 4) is 67.5 Å². The molecule has 15 heteroatoms. The quantitative estimate of drug-likeness (QED) is 0.0897. The van der Waals surface area contributed by atoms with Gasteiger partial charge in [0.05, 0.1) is 16.7 Å². The number of nitrogens with zero attached hydrogens (tertiary/aromatic N) is 9. The number of aromatic nitrogens is 9. The molecule has 3 unspecified atom stereocenters. The van der Waals surface area contributed by atoms with Crippen LogP contribution in [0.5, 0.6) is 0 Å². The summed E-state index contributed by atoms with van der Waals surface area (Å²) in [7, 11) is 0. The Morgan fingerprint density at radius 3 is 0.894 bits per heavy atom. The zero-order valence-corrected chi connectivity index (χ0v) is 84.0. The van der Waals surface area contributed by atoms with Crippen molar-refractivity contribution >= 4 is 66.2 Å². The van der Waals surface area contributed by atoms with Gasteiger partial charge in [0.15, 0.2) is 0 Å². The van der Waals surface area contributed by atoms with E-state index in [2.05, 4.69) is 81.3 Å². The van der Waals surface area contributed by atoms with E-state index >= 15 is 0 Å². The Hall–Kier alpha value is -11.0. The van der Waals surface area contributed by atoms with Gasteiger partial charge in [-0.25, -0.2) is 15.0 Å². The molecule has 0 aliphatic carbocycles. The van der Waals surface area contributed by atoms with Gasteiger partial charge in [0.2, 0.25) is 17.1 Å². The summed E-state index contributed by atoms with van der Waals surface area (Å²) in [5.74, 6) is -12.9. The molecule has 0 bridgehead atoms. The molecule has 0 amide bonds. The van der Waals surface area contributed by atoms with Crippen molar-refractivity contribution in [3.63, 3.8) is 0 Å². The van der Waals surface area contributed by atoms with Gasteiger partial charge in [-0.2, -0.15) is 0 Å². The molecule has 0 fully saturated rings. The number of aryl methyl sites for hydroxylation is 9. The van der Waals surface area contributed by atoms with Crippen LogP contribution in [0, 0.1) is 98.4 Å². The summed E-state index contributed by atoms with van der Waals surface area (Å²) in [4.78, 5) is 39.3. The zero-order valence-electron chi connectivity index (χ0n) is 110. The summed E-state index contributed by atoms with van der Waals surface area (Å²) in [6.45, 7) is 10.8. The molecule has 0 aliphatic heterocycles. The number of hydrogen-bond donors (Lipinski definition) is 0. The molecule has 6 aromatic carbocycles. The first kappa shape index (κ1) is 65.6. The number of furan rings is 3. The van der Waals surface area contributed by atoms with Crippen LogP contribution in [0.15, 0.2) is 214 Å². The van der Waals surface area contributed by atoms with Crippen LogP contribution in [0.25, 0.3) is 134 Å². The fraction of sp³-hybridized carbons (Fsp3) is 0.308. The van der Waals surface area contributed by atoms with E-state index in [1.54, 1.807) is 159 Å². The predicted octanol–water partition coefficient (Wildman–Crippen LogP) is 32.1. The van der Waals surface area contributed by atoms with Gasteiger partial charge in [-0.3, -0.25) is 0 Å². The van der Waals surface area contributed by atoms with Gasteiger partial charge in [-0.05, 0) is 216 Å². The van der Waals surface area contributed by atoms with E-state index in [0.29, 0.717) is 105 Å². The number of hydrogen-bond acceptors (Lipinski definition) is 12. The second-order valence-corrected chi connectivity index (χ2v) is 32.7. The van der Waals surface area contributed by atoms with Crippen molar-refractivity contribution in [3.05, 3.63) is 338 Å². The summed E-state index contributed by atoms with van der Waals surface area (Å²) >= 11 is 0. The van der Waals surface area contributed by atoms with Crippen LogP contribution in [0.4, 0.5) is 0 Å². The fourth-order valence-electron chi connectivity index (χ4n) is 14.9. The molecule has 12 heterocycles. The minimum atomic E-state index is -2.79. The van der Waals surface area contributed by atoms with Crippen LogP contribution in [-0.4, -0.2) is 44.9 Å². The summed E-state index contributed by atoms with van der Waals surface area (Å²) in [6.07, 6.45) is 7.99. The summed E-state index contributed by atoms with van der Waals surface area (Å²) in [6, 6.07) is 66.5. The average Bonchev–Trinajstić information content (AvgIpc) is 1.67. The van der Waals surface area contributed by atoms with Crippen molar-refractivity contribution in [2.75, 3.05) is 0 Å². The molecule has 3 radical (unpaired) electrons. The average molecular weight is 2310 g/mol. The third kappa shape index (κ3) is 23.4. The number of rotatable bonds is 15. The monoisotopic (exact) mass is 2310 g/mol. The van der Waals surface area contributed by atoms with E-state index in [1.807, 2.05) is 103 Å². The van der Waals surface area contributed by atoms with E-state index in [1.165, 1.54) is 30.6 Å². The zero-order chi connectivity index (χ0) is 121. The second-order valence-electron chi connectivity index (χ2n) is 32.7. The molecule has 132 heavy (non-hydrogen) atoms. The van der Waals surface area contributed by atoms with E-state index < -0.39 is 108 Å². The topological polar surface area (TPSA) is 155 Å². The molecule has 18 aromatic rings. The molecular weight excluding hydrogens is 2160 g/mol. The van der Waals surface area contributed by atoms with Crippen LogP contribution in [0.2, 0.25) is 0 Å². The van der Waals surface area contributed by atoms with E-state index in [4.69, 9.17) is 58.5 Å². The minimum Gasteiger partial charge on any atom is -0.486 e. The molecular formula is C117H123Ir3N9O3-6. The van der Waals surface area contributed by atoms with Gasteiger partial charge in [0.1, 0.15) is 0 Å². The maximum atomic E-state index is 8.79. The van der Waals surface area contributed by atoms with Gasteiger partial charge in [0.25, 0.3) is 0 Å². The van der Waals surface area contributed by atoms with Gasteiger partial charge in [0, 0.05) is 176 Å². The Morgan fingerprint density at radius 1 is 0.280 bits per heavy atom. The largest absolute Gasteiger partial charge is 0.486 e. The number of benzene rings is 6. The fourth-order valence-corrected chi connectivity index (χ4v) is 14.9. The Kier molecular flexibility index (Phi) is 22.7. The standard InChI is InChI=1S/3C27H31N2O.C13H12N.C12H10N.C11H8N.3Ir/c3*1-14(2)19-9-10-20(23-11-17(7)22(13-28-23)16(5)6)26-24(19)25-21(15(3)4)12-18(8)29-27(25)30-26;1-10-8-13(14-9-11(10)2)12-6-4-3-5-7-12;1-10-7-8-12(13-9-10)11-5-3-2-4-6-11;1-2-6-10(7-3-1)11-8-4-5-9-12-11;;;/h3*9,11-16H,1-8H3;3-6,8-9H,1-2H3;2-5,7-9H,1H3;1-6,8-9H;;;/q6*-1;;;/i3*5D3,7D3,14D,15D,16D;2D3;1D3;;;;. The first-order chi connectivity index (χ1) is 74.2. The van der Waals surface area contributed by atoms with Gasteiger partial charge < -0.3 is 43.2 Å². The first-order valence-corrected chi connectivity index (χ1v) is 41.9. The molecule has 3 atom stereocenters. The minimum absolute atomic E-state index is 0. The SMILES string of the molecule is [2H]C([2H])([2H])c1cc(-c2[c-]cc(C([2H])(C)C)c3c2oc2nc(C)cc(C([2H])(C)C)c23)ncc1C([2H])(C)C([2H])([2H])[2H].[2H]C([2H])([2H])c1cc(-c2[c-]cc(C([2H])(C)C)c3c2oc2nc(C)cc(C([2H])(C)C)c23)ncc1C([2H])(C)C([2H])([2H])[2H].[2H]C([2H])([2H])c1cc(-c2[c-]cc(C([2H])(C)C)c3c2oc2nc(C)cc(C([2H])(C)C)c23)ncc1C([2H])(C)C([2H])([2H])[2H].[2H]C([2H])([2H])c1ccc(-c2[c-]cccc2)nc1.[2H]C([2H])([2H])c1cnc(-c2[c-]cccc2)cc1C.[Ir].[Ir].[Ir].[c-]1ccccc1-c1ccccn1. The van der Waals surface area contributed by atoms with Crippen LogP contribution < -0.4 is 0 Å². The molecule has 687 valence electrons. The molecule has 18 rings (SSSR count). The van der Waals surface area contributed by atoms with Crippen LogP contribution in [0.3, 0.4) is 0 Å². The van der Waals surface area contributed by atoms with E-state index in [9.17, 15) is 0 Å². The maximum absolute atomic E-state index is 8.79. The molecule has 0 N–H and O–H groups in total. The molecule has 0 spiro atoms. The molecule has 12 aromatic heterocycles. The summed E-state index contributed by atoms with van der Waals surface area (Å²) in [5, 5.41) is 3.47. The van der Waals surface area contributed by atoms with Gasteiger partial charge in [-0.15, -0.1) is 161 Å². The molecule has 0 aliphatic rings. The van der Waals surface area contributed by atoms with E-state index in [-0.39, 0.29) is 150 Å². The number of fused-ring (bicyclic) bond motifs is 9.